The van der Waals surface area contributed by atoms with Crippen molar-refractivity contribution in [1.82, 2.24) is 4.90 Å². The van der Waals surface area contributed by atoms with Crippen molar-refractivity contribution in [2.75, 3.05) is 31.1 Å². The Balaban J connectivity index is 0.00000169. The van der Waals surface area contributed by atoms with Crippen molar-refractivity contribution in [3.63, 3.8) is 0 Å². The van der Waals surface area contributed by atoms with Gasteiger partial charge >= 0.3 is 0 Å². The lowest BCUT2D eigenvalue weighted by atomic mass is 9.98. The van der Waals surface area contributed by atoms with E-state index in [9.17, 15) is 4.79 Å². The molecule has 1 aromatic rings. The molecule has 4 rings (SSSR count). The monoisotopic (exact) mass is 349 g/mol. The van der Waals surface area contributed by atoms with Crippen molar-refractivity contribution in [3.8, 4) is 0 Å². The van der Waals surface area contributed by atoms with Crippen molar-refractivity contribution in [1.29, 1.82) is 0 Å². The Morgan fingerprint density at radius 2 is 1.92 bits per heavy atom. The van der Waals surface area contributed by atoms with Crippen LogP contribution in [0.4, 0.5) is 5.69 Å². The molecular formula is C19H28ClN3O. The van der Waals surface area contributed by atoms with Gasteiger partial charge in [0.15, 0.2) is 0 Å². The van der Waals surface area contributed by atoms with E-state index < -0.39 is 0 Å². The number of carbonyl (C=O) groups is 1. The van der Waals surface area contributed by atoms with Gasteiger partial charge in [-0.3, -0.25) is 4.79 Å². The summed E-state index contributed by atoms with van der Waals surface area (Å²) in [7, 11) is 0. The number of hydrogen-bond donors (Lipinski definition) is 1. The Morgan fingerprint density at radius 1 is 1.17 bits per heavy atom. The van der Waals surface area contributed by atoms with Gasteiger partial charge in [0.2, 0.25) is 0 Å². The van der Waals surface area contributed by atoms with Crippen LogP contribution in [0, 0.1) is 18.8 Å². The Kier molecular flexibility index (Phi) is 5.07. The Labute approximate surface area is 150 Å². The smallest absolute Gasteiger partial charge is 0.255 e. The van der Waals surface area contributed by atoms with E-state index in [2.05, 4.69) is 34.9 Å². The topological polar surface area (TPSA) is 49.6 Å². The van der Waals surface area contributed by atoms with E-state index in [-0.39, 0.29) is 24.4 Å². The zero-order chi connectivity index (χ0) is 16.0. The number of halogens is 1. The molecule has 1 aromatic carbocycles. The second kappa shape index (κ2) is 6.93. The molecular weight excluding hydrogens is 322 g/mol. The van der Waals surface area contributed by atoms with Gasteiger partial charge in [-0.25, -0.2) is 0 Å². The minimum absolute atomic E-state index is 0. The van der Waals surface area contributed by atoms with E-state index in [1.165, 1.54) is 19.3 Å². The van der Waals surface area contributed by atoms with Gasteiger partial charge in [-0.1, -0.05) is 11.6 Å². The highest BCUT2D eigenvalue weighted by Gasteiger charge is 2.43. The molecule has 1 saturated carbocycles. The molecule has 0 bridgehead atoms. The SMILES string of the molecule is Cc1ccc(N2CCCC2)c(C(=O)N2CC3CCC(N)C3C2)c1.Cl. The summed E-state index contributed by atoms with van der Waals surface area (Å²) >= 11 is 0. The maximum absolute atomic E-state index is 13.2. The maximum Gasteiger partial charge on any atom is 0.255 e. The highest BCUT2D eigenvalue weighted by molar-refractivity contribution is 6.00. The van der Waals surface area contributed by atoms with Crippen LogP contribution in [0.1, 0.15) is 41.6 Å². The van der Waals surface area contributed by atoms with Crippen LogP contribution < -0.4 is 10.6 Å². The molecule has 4 nitrogen and oxygen atoms in total. The quantitative estimate of drug-likeness (QED) is 0.893. The van der Waals surface area contributed by atoms with Crippen LogP contribution in [0.5, 0.6) is 0 Å². The molecule has 132 valence electrons. The van der Waals surface area contributed by atoms with Crippen LogP contribution in [0.15, 0.2) is 18.2 Å². The third-order valence-corrected chi connectivity index (χ3v) is 6.03. The first-order chi connectivity index (χ1) is 11.1. The first kappa shape index (κ1) is 17.6. The molecule has 2 saturated heterocycles. The van der Waals surface area contributed by atoms with Crippen LogP contribution in [0.2, 0.25) is 0 Å². The average Bonchev–Trinajstić information content (AvgIpc) is 3.25. The molecule has 0 radical (unpaired) electrons. The fourth-order valence-corrected chi connectivity index (χ4v) is 4.70. The Bertz CT molecular complexity index is 615. The van der Waals surface area contributed by atoms with E-state index in [1.54, 1.807) is 0 Å². The van der Waals surface area contributed by atoms with Crippen LogP contribution in [0.25, 0.3) is 0 Å². The standard InChI is InChI=1S/C19H27N3O.ClH/c1-13-4-7-18(21-8-2-3-9-21)15(10-13)19(23)22-11-14-5-6-17(20)16(14)12-22;/h4,7,10,14,16-17H,2-3,5-6,8-9,11-12,20H2,1H3;1H. The van der Waals surface area contributed by atoms with Crippen LogP contribution in [-0.4, -0.2) is 43.0 Å². The number of hydrogen-bond acceptors (Lipinski definition) is 3. The van der Waals surface area contributed by atoms with E-state index >= 15 is 0 Å². The minimum Gasteiger partial charge on any atom is -0.371 e. The summed E-state index contributed by atoms with van der Waals surface area (Å²) in [5.74, 6) is 1.34. The van der Waals surface area contributed by atoms with Gasteiger partial charge < -0.3 is 15.5 Å². The van der Waals surface area contributed by atoms with Crippen molar-refractivity contribution < 1.29 is 4.79 Å². The highest BCUT2D eigenvalue weighted by Crippen LogP contribution is 2.38. The average molecular weight is 350 g/mol. The van der Waals surface area contributed by atoms with Crippen molar-refractivity contribution in [2.45, 2.75) is 38.6 Å². The number of benzene rings is 1. The predicted octanol–water partition coefficient (Wildman–Crippen LogP) is 2.83. The number of aryl methyl sites for hydroxylation is 1. The molecule has 0 spiro atoms. The summed E-state index contributed by atoms with van der Waals surface area (Å²) in [6, 6.07) is 6.62. The van der Waals surface area contributed by atoms with E-state index in [1.807, 2.05) is 0 Å². The zero-order valence-corrected chi connectivity index (χ0v) is 15.2. The van der Waals surface area contributed by atoms with Gasteiger partial charge in [-0.05, 0) is 56.6 Å². The second-order valence-electron chi connectivity index (χ2n) is 7.59. The molecule has 2 heterocycles. The molecule has 24 heavy (non-hydrogen) atoms. The highest BCUT2D eigenvalue weighted by atomic mass is 35.5. The van der Waals surface area contributed by atoms with E-state index in [0.29, 0.717) is 11.8 Å². The Morgan fingerprint density at radius 3 is 2.62 bits per heavy atom. The van der Waals surface area contributed by atoms with Gasteiger partial charge in [0, 0.05) is 37.9 Å². The van der Waals surface area contributed by atoms with Gasteiger partial charge in [0.05, 0.1) is 5.56 Å². The second-order valence-corrected chi connectivity index (χ2v) is 7.59. The molecule has 0 aromatic heterocycles. The first-order valence-electron chi connectivity index (χ1n) is 9.04. The van der Waals surface area contributed by atoms with E-state index in [4.69, 9.17) is 5.73 Å². The number of amides is 1. The van der Waals surface area contributed by atoms with E-state index in [0.717, 1.165) is 49.4 Å². The van der Waals surface area contributed by atoms with Gasteiger partial charge in [0.1, 0.15) is 0 Å². The third kappa shape index (κ3) is 3.02. The number of anilines is 1. The fraction of sp³-hybridized carbons (Fsp3) is 0.632. The first-order valence-corrected chi connectivity index (χ1v) is 9.04. The summed E-state index contributed by atoms with van der Waals surface area (Å²) in [6.07, 6.45) is 4.76. The largest absolute Gasteiger partial charge is 0.371 e. The predicted molar refractivity (Wildman–Crippen MR) is 100.0 cm³/mol. The normalized spacial score (nSPS) is 28.8. The number of carbonyl (C=O) groups excluding carboxylic acids is 1. The summed E-state index contributed by atoms with van der Waals surface area (Å²) in [6.45, 7) is 5.95. The molecule has 3 atom stereocenters. The summed E-state index contributed by atoms with van der Waals surface area (Å²) in [5, 5.41) is 0. The van der Waals surface area contributed by atoms with Crippen molar-refractivity contribution in [3.05, 3.63) is 29.3 Å². The summed E-state index contributed by atoms with van der Waals surface area (Å²) < 4.78 is 0. The lowest BCUT2D eigenvalue weighted by molar-refractivity contribution is 0.0780. The number of nitrogens with two attached hydrogens (primary N) is 1. The molecule has 3 unspecified atom stereocenters. The Hall–Kier alpha value is -1.26. The molecule has 3 fully saturated rings. The fourth-order valence-electron chi connectivity index (χ4n) is 4.70. The summed E-state index contributed by atoms with van der Waals surface area (Å²) in [5.41, 5.74) is 9.40. The van der Waals surface area contributed by atoms with Gasteiger partial charge in [-0.2, -0.15) is 0 Å². The van der Waals surface area contributed by atoms with Gasteiger partial charge in [-0.15, -0.1) is 12.4 Å². The lowest BCUT2D eigenvalue weighted by Crippen LogP contribution is -2.34. The number of nitrogens with zero attached hydrogens (tertiary/aromatic N) is 2. The number of rotatable bonds is 2. The minimum atomic E-state index is 0. The van der Waals surface area contributed by atoms with Crippen LogP contribution >= 0.6 is 12.4 Å². The van der Waals surface area contributed by atoms with Crippen LogP contribution in [0.3, 0.4) is 0 Å². The van der Waals surface area contributed by atoms with Gasteiger partial charge in [0.25, 0.3) is 5.91 Å². The zero-order valence-electron chi connectivity index (χ0n) is 14.4. The molecule has 2 N–H and O–H groups in total. The lowest BCUT2D eigenvalue weighted by Gasteiger charge is -2.25. The molecule has 3 aliphatic rings. The third-order valence-electron chi connectivity index (χ3n) is 6.03. The van der Waals surface area contributed by atoms with Crippen molar-refractivity contribution in [2.24, 2.45) is 17.6 Å². The van der Waals surface area contributed by atoms with Crippen molar-refractivity contribution >= 4 is 24.0 Å². The molecule has 2 aliphatic heterocycles. The van der Waals surface area contributed by atoms with Crippen LogP contribution in [-0.2, 0) is 0 Å². The summed E-state index contributed by atoms with van der Waals surface area (Å²) in [4.78, 5) is 17.6. The molecule has 5 heteroatoms. The maximum atomic E-state index is 13.2. The molecule has 1 aliphatic carbocycles. The number of fused-ring (bicyclic) bond motifs is 1. The number of likely N-dealkylation sites (tertiary alicyclic amines) is 1. The molecule has 1 amide bonds.